The molecular weight excluding hydrogens is 236 g/mol. The van der Waals surface area contributed by atoms with Gasteiger partial charge in [0.15, 0.2) is 0 Å². The van der Waals surface area contributed by atoms with Crippen LogP contribution in [0.15, 0.2) is 42.7 Å². The van der Waals surface area contributed by atoms with Gasteiger partial charge in [0, 0.05) is 17.6 Å². The molecule has 1 aromatic carbocycles. The van der Waals surface area contributed by atoms with Gasteiger partial charge in [-0.1, -0.05) is 17.7 Å². The predicted octanol–water partition coefficient (Wildman–Crippen LogP) is 3.96. The largest absolute Gasteiger partial charge is 0.456 e. The van der Waals surface area contributed by atoms with Crippen LogP contribution in [-0.4, -0.2) is 11.5 Å². The molecule has 0 aliphatic heterocycles. The molecule has 0 bridgehead atoms. The van der Waals surface area contributed by atoms with Crippen LogP contribution in [0.5, 0.6) is 11.5 Å². The number of ether oxygens (including phenoxy) is 1. The highest BCUT2D eigenvalue weighted by atomic mass is 35.5. The van der Waals surface area contributed by atoms with Gasteiger partial charge in [0.1, 0.15) is 11.5 Å². The van der Waals surface area contributed by atoms with Gasteiger partial charge < -0.3 is 10.1 Å². The van der Waals surface area contributed by atoms with Crippen molar-refractivity contribution in [3.8, 4) is 11.5 Å². The van der Waals surface area contributed by atoms with Crippen molar-refractivity contribution in [3.05, 3.63) is 47.7 Å². The Morgan fingerprint density at radius 2 is 2.12 bits per heavy atom. The van der Waals surface area contributed by atoms with Crippen molar-refractivity contribution in [1.29, 1.82) is 0 Å². The number of anilines is 1. The van der Waals surface area contributed by atoms with Gasteiger partial charge in [-0.15, -0.1) is 0 Å². The van der Waals surface area contributed by atoms with Crippen LogP contribution in [0.4, 0.5) is 5.69 Å². The van der Waals surface area contributed by atoms with Gasteiger partial charge >= 0.3 is 0 Å². The molecule has 0 spiro atoms. The second-order valence-corrected chi connectivity index (χ2v) is 3.94. The van der Waals surface area contributed by atoms with Crippen LogP contribution in [0.1, 0.15) is 6.92 Å². The molecule has 2 rings (SSSR count). The lowest BCUT2D eigenvalue weighted by atomic mass is 10.3. The molecule has 3 nitrogen and oxygen atoms in total. The van der Waals surface area contributed by atoms with Crippen molar-refractivity contribution in [3.63, 3.8) is 0 Å². The van der Waals surface area contributed by atoms with Crippen molar-refractivity contribution < 1.29 is 4.74 Å². The summed E-state index contributed by atoms with van der Waals surface area (Å²) < 4.78 is 5.66. The highest BCUT2D eigenvalue weighted by Gasteiger charge is 2.00. The van der Waals surface area contributed by atoms with E-state index in [0.717, 1.165) is 12.2 Å². The van der Waals surface area contributed by atoms with E-state index in [0.29, 0.717) is 16.5 Å². The minimum absolute atomic E-state index is 0.651. The van der Waals surface area contributed by atoms with E-state index in [1.807, 2.05) is 31.2 Å². The number of pyridine rings is 1. The summed E-state index contributed by atoms with van der Waals surface area (Å²) in [5.74, 6) is 1.39. The van der Waals surface area contributed by atoms with E-state index >= 15 is 0 Å². The zero-order chi connectivity index (χ0) is 12.1. The Morgan fingerprint density at radius 3 is 2.88 bits per heavy atom. The lowest BCUT2D eigenvalue weighted by Crippen LogP contribution is -1.97. The lowest BCUT2D eigenvalue weighted by molar-refractivity contribution is 0.480. The zero-order valence-electron chi connectivity index (χ0n) is 9.48. The number of nitrogens with one attached hydrogen (secondary N) is 1. The van der Waals surface area contributed by atoms with E-state index in [1.54, 1.807) is 18.5 Å². The predicted molar refractivity (Wildman–Crippen MR) is 69.9 cm³/mol. The molecule has 0 amide bonds. The maximum absolute atomic E-state index is 5.88. The topological polar surface area (TPSA) is 34.2 Å². The van der Waals surface area contributed by atoms with E-state index in [-0.39, 0.29) is 0 Å². The molecule has 2 aromatic rings. The average molecular weight is 249 g/mol. The number of hydrogen-bond donors (Lipinski definition) is 1. The Kier molecular flexibility index (Phi) is 3.83. The van der Waals surface area contributed by atoms with Crippen LogP contribution in [0.2, 0.25) is 5.02 Å². The number of aromatic nitrogens is 1. The van der Waals surface area contributed by atoms with Crippen LogP contribution in [0.3, 0.4) is 0 Å². The average Bonchev–Trinajstić information content (AvgIpc) is 2.30. The van der Waals surface area contributed by atoms with Gasteiger partial charge in [0.2, 0.25) is 0 Å². The minimum atomic E-state index is 0.651. The number of benzene rings is 1. The Bertz CT molecular complexity index is 502. The number of nitrogens with zero attached hydrogens (tertiary/aromatic N) is 1. The van der Waals surface area contributed by atoms with E-state index in [4.69, 9.17) is 16.3 Å². The van der Waals surface area contributed by atoms with Gasteiger partial charge in [-0.25, -0.2) is 0 Å². The third kappa shape index (κ3) is 3.36. The fourth-order valence-electron chi connectivity index (χ4n) is 1.44. The quantitative estimate of drug-likeness (QED) is 0.889. The Hall–Kier alpha value is -1.74. The summed E-state index contributed by atoms with van der Waals surface area (Å²) in [5, 5.41) is 3.83. The van der Waals surface area contributed by atoms with Gasteiger partial charge in [0.25, 0.3) is 0 Å². The third-order valence-electron chi connectivity index (χ3n) is 2.13. The first-order chi connectivity index (χ1) is 8.28. The molecule has 0 saturated carbocycles. The monoisotopic (exact) mass is 248 g/mol. The minimum Gasteiger partial charge on any atom is -0.456 e. The molecule has 0 fully saturated rings. The third-order valence-corrected chi connectivity index (χ3v) is 2.36. The second-order valence-electron chi connectivity index (χ2n) is 3.50. The first-order valence-electron chi connectivity index (χ1n) is 5.40. The van der Waals surface area contributed by atoms with E-state index in [2.05, 4.69) is 10.3 Å². The zero-order valence-corrected chi connectivity index (χ0v) is 10.2. The number of rotatable bonds is 4. The van der Waals surface area contributed by atoms with Gasteiger partial charge in [-0.05, 0) is 25.1 Å². The molecule has 0 aliphatic rings. The smallest absolute Gasteiger partial charge is 0.147 e. The lowest BCUT2D eigenvalue weighted by Gasteiger charge is -2.07. The van der Waals surface area contributed by atoms with Crippen LogP contribution >= 0.6 is 11.6 Å². The molecule has 1 heterocycles. The molecule has 0 aliphatic carbocycles. The summed E-state index contributed by atoms with van der Waals surface area (Å²) in [4.78, 5) is 4.10. The molecule has 1 N–H and O–H groups in total. The summed E-state index contributed by atoms with van der Waals surface area (Å²) in [6.07, 6.45) is 3.43. The molecule has 0 atom stereocenters. The Balaban J connectivity index is 2.15. The fraction of sp³-hybridized carbons (Fsp3) is 0.154. The summed E-state index contributed by atoms with van der Waals surface area (Å²) >= 11 is 5.88. The van der Waals surface area contributed by atoms with Gasteiger partial charge in [0.05, 0.1) is 18.1 Å². The van der Waals surface area contributed by atoms with Crippen LogP contribution in [0, 0.1) is 0 Å². The van der Waals surface area contributed by atoms with Crippen molar-refractivity contribution in [2.24, 2.45) is 0 Å². The standard InChI is InChI=1S/C13H13ClN2O/c1-2-16-11-7-13(9-15-8-11)17-12-5-3-4-10(14)6-12/h3-9,16H,2H2,1H3. The molecule has 17 heavy (non-hydrogen) atoms. The summed E-state index contributed by atoms with van der Waals surface area (Å²) in [6, 6.07) is 9.17. The maximum Gasteiger partial charge on any atom is 0.147 e. The van der Waals surface area contributed by atoms with Crippen LogP contribution < -0.4 is 10.1 Å². The number of halogens is 1. The first kappa shape index (κ1) is 11.7. The van der Waals surface area contributed by atoms with Gasteiger partial charge in [-0.2, -0.15) is 0 Å². The highest BCUT2D eigenvalue weighted by Crippen LogP contribution is 2.25. The molecule has 0 saturated heterocycles. The molecular formula is C13H13ClN2O. The van der Waals surface area contributed by atoms with Crippen molar-refractivity contribution in [2.45, 2.75) is 6.92 Å². The summed E-state index contributed by atoms with van der Waals surface area (Å²) in [5.41, 5.74) is 0.937. The fourth-order valence-corrected chi connectivity index (χ4v) is 1.62. The molecule has 88 valence electrons. The highest BCUT2D eigenvalue weighted by molar-refractivity contribution is 6.30. The van der Waals surface area contributed by atoms with E-state index < -0.39 is 0 Å². The SMILES string of the molecule is CCNc1cncc(Oc2cccc(Cl)c2)c1. The molecule has 4 heteroatoms. The first-order valence-corrected chi connectivity index (χ1v) is 5.78. The number of hydrogen-bond acceptors (Lipinski definition) is 3. The van der Waals surface area contributed by atoms with Crippen molar-refractivity contribution in [2.75, 3.05) is 11.9 Å². The van der Waals surface area contributed by atoms with Gasteiger partial charge in [-0.3, -0.25) is 4.98 Å². The van der Waals surface area contributed by atoms with Crippen LogP contribution in [0.25, 0.3) is 0 Å². The molecule has 0 unspecified atom stereocenters. The summed E-state index contributed by atoms with van der Waals surface area (Å²) in [6.45, 7) is 2.88. The summed E-state index contributed by atoms with van der Waals surface area (Å²) in [7, 11) is 0. The Morgan fingerprint density at radius 1 is 1.24 bits per heavy atom. The van der Waals surface area contributed by atoms with Crippen molar-refractivity contribution >= 4 is 17.3 Å². The second kappa shape index (κ2) is 5.55. The Labute approximate surface area is 105 Å². The van der Waals surface area contributed by atoms with E-state index in [1.165, 1.54) is 0 Å². The van der Waals surface area contributed by atoms with Crippen LogP contribution in [-0.2, 0) is 0 Å². The maximum atomic E-state index is 5.88. The molecule has 0 radical (unpaired) electrons. The van der Waals surface area contributed by atoms with E-state index in [9.17, 15) is 0 Å². The normalized spacial score (nSPS) is 10.0. The molecule has 1 aromatic heterocycles. The van der Waals surface area contributed by atoms with Crippen molar-refractivity contribution in [1.82, 2.24) is 4.98 Å².